The molecule has 2 fully saturated rings. The number of nitrogens with one attached hydrogen (secondary N) is 2. The van der Waals surface area contributed by atoms with Gasteiger partial charge in [0.25, 0.3) is 0 Å². The largest absolute Gasteiger partial charge is 0.353 e. The minimum absolute atomic E-state index is 0.285. The molecule has 18 heavy (non-hydrogen) atoms. The van der Waals surface area contributed by atoms with E-state index in [1.807, 2.05) is 0 Å². The van der Waals surface area contributed by atoms with E-state index in [9.17, 15) is 4.79 Å². The van der Waals surface area contributed by atoms with Crippen LogP contribution in [0, 0.1) is 11.8 Å². The van der Waals surface area contributed by atoms with E-state index in [-0.39, 0.29) is 5.91 Å². The SMILES string of the molecule is CC1CCCCC1NC(=O)CCC1CCNCC1. The van der Waals surface area contributed by atoms with Crippen molar-refractivity contribution in [3.8, 4) is 0 Å². The highest BCUT2D eigenvalue weighted by Crippen LogP contribution is 2.24. The average molecular weight is 252 g/mol. The maximum atomic E-state index is 12.0. The maximum Gasteiger partial charge on any atom is 0.220 e. The van der Waals surface area contributed by atoms with Crippen LogP contribution in [0.3, 0.4) is 0 Å². The zero-order valence-electron chi connectivity index (χ0n) is 11.7. The summed E-state index contributed by atoms with van der Waals surface area (Å²) < 4.78 is 0. The molecular formula is C15H28N2O. The van der Waals surface area contributed by atoms with Crippen molar-refractivity contribution >= 4 is 5.91 Å². The third-order valence-corrected chi connectivity index (χ3v) is 4.70. The Morgan fingerprint density at radius 2 is 1.89 bits per heavy atom. The van der Waals surface area contributed by atoms with Crippen molar-refractivity contribution in [1.29, 1.82) is 0 Å². The first-order valence-electron chi connectivity index (χ1n) is 7.76. The molecule has 1 saturated heterocycles. The van der Waals surface area contributed by atoms with Crippen LogP contribution in [0.25, 0.3) is 0 Å². The smallest absolute Gasteiger partial charge is 0.220 e. The summed E-state index contributed by atoms with van der Waals surface area (Å²) in [6.45, 7) is 4.54. The van der Waals surface area contributed by atoms with Crippen molar-refractivity contribution in [2.24, 2.45) is 11.8 Å². The highest BCUT2D eigenvalue weighted by atomic mass is 16.1. The van der Waals surface area contributed by atoms with Gasteiger partial charge in [0.05, 0.1) is 0 Å². The minimum atomic E-state index is 0.285. The molecule has 2 rings (SSSR count). The van der Waals surface area contributed by atoms with Crippen molar-refractivity contribution < 1.29 is 4.79 Å². The lowest BCUT2D eigenvalue weighted by molar-refractivity contribution is -0.122. The Labute approximate surface area is 111 Å². The number of hydrogen-bond acceptors (Lipinski definition) is 2. The molecule has 1 aliphatic carbocycles. The highest BCUT2D eigenvalue weighted by molar-refractivity contribution is 5.76. The number of piperidine rings is 1. The molecule has 0 bridgehead atoms. The van der Waals surface area contributed by atoms with Crippen molar-refractivity contribution in [3.05, 3.63) is 0 Å². The Morgan fingerprint density at radius 3 is 2.61 bits per heavy atom. The predicted octanol–water partition coefficient (Wildman–Crippen LogP) is 2.46. The summed E-state index contributed by atoms with van der Waals surface area (Å²) in [6, 6.07) is 0.444. The molecule has 0 aromatic heterocycles. The summed E-state index contributed by atoms with van der Waals surface area (Å²) in [5.41, 5.74) is 0. The Kier molecular flexibility index (Phi) is 5.48. The molecule has 0 aromatic carbocycles. The summed E-state index contributed by atoms with van der Waals surface area (Å²) in [7, 11) is 0. The lowest BCUT2D eigenvalue weighted by Gasteiger charge is -2.30. The van der Waals surface area contributed by atoms with Crippen LogP contribution in [-0.4, -0.2) is 25.0 Å². The van der Waals surface area contributed by atoms with E-state index in [0.29, 0.717) is 12.0 Å². The van der Waals surface area contributed by atoms with E-state index >= 15 is 0 Å². The van der Waals surface area contributed by atoms with Gasteiger partial charge in [0.1, 0.15) is 0 Å². The third kappa shape index (κ3) is 4.27. The predicted molar refractivity (Wildman–Crippen MR) is 74.4 cm³/mol. The first-order chi connectivity index (χ1) is 8.75. The molecular weight excluding hydrogens is 224 g/mol. The Hall–Kier alpha value is -0.570. The van der Waals surface area contributed by atoms with Crippen LogP contribution in [-0.2, 0) is 4.79 Å². The zero-order valence-corrected chi connectivity index (χ0v) is 11.7. The second kappa shape index (κ2) is 7.13. The Morgan fingerprint density at radius 1 is 1.17 bits per heavy atom. The lowest BCUT2D eigenvalue weighted by atomic mass is 9.85. The Bertz CT molecular complexity index is 261. The van der Waals surface area contributed by atoms with Gasteiger partial charge in [-0.1, -0.05) is 19.8 Å². The molecule has 2 N–H and O–H groups in total. The molecule has 1 amide bonds. The quantitative estimate of drug-likeness (QED) is 0.807. The standard InChI is InChI=1S/C15H28N2O/c1-12-4-2-3-5-14(12)17-15(18)7-6-13-8-10-16-11-9-13/h12-14,16H,2-11H2,1H3,(H,17,18). The van der Waals surface area contributed by atoms with Crippen molar-refractivity contribution in [2.75, 3.05) is 13.1 Å². The van der Waals surface area contributed by atoms with Gasteiger partial charge in [0.2, 0.25) is 5.91 Å². The number of carbonyl (C=O) groups is 1. The molecule has 3 heteroatoms. The average Bonchev–Trinajstić information content (AvgIpc) is 2.40. The third-order valence-electron chi connectivity index (χ3n) is 4.70. The summed E-state index contributed by atoms with van der Waals surface area (Å²) in [5, 5.41) is 6.63. The van der Waals surface area contributed by atoms with Crippen molar-refractivity contribution in [3.63, 3.8) is 0 Å². The molecule has 0 radical (unpaired) electrons. The normalized spacial score (nSPS) is 30.1. The van der Waals surface area contributed by atoms with Gasteiger partial charge < -0.3 is 10.6 Å². The van der Waals surface area contributed by atoms with Gasteiger partial charge in [-0.3, -0.25) is 4.79 Å². The fourth-order valence-electron chi connectivity index (χ4n) is 3.32. The van der Waals surface area contributed by atoms with Gasteiger partial charge in [-0.25, -0.2) is 0 Å². The first-order valence-corrected chi connectivity index (χ1v) is 7.76. The number of carbonyl (C=O) groups excluding carboxylic acids is 1. The van der Waals surface area contributed by atoms with Gasteiger partial charge in [0.15, 0.2) is 0 Å². The molecule has 2 aliphatic rings. The molecule has 1 aliphatic heterocycles. The monoisotopic (exact) mass is 252 g/mol. The van der Waals surface area contributed by atoms with Crippen LogP contribution < -0.4 is 10.6 Å². The Balaban J connectivity index is 1.64. The number of amides is 1. The fourth-order valence-corrected chi connectivity index (χ4v) is 3.32. The molecule has 1 saturated carbocycles. The second-order valence-electron chi connectivity index (χ2n) is 6.17. The topological polar surface area (TPSA) is 41.1 Å². The van der Waals surface area contributed by atoms with Crippen LogP contribution in [0.2, 0.25) is 0 Å². The van der Waals surface area contributed by atoms with E-state index in [2.05, 4.69) is 17.6 Å². The summed E-state index contributed by atoms with van der Waals surface area (Å²) in [4.78, 5) is 12.0. The lowest BCUT2D eigenvalue weighted by Crippen LogP contribution is -2.41. The molecule has 0 spiro atoms. The van der Waals surface area contributed by atoms with E-state index in [0.717, 1.165) is 31.8 Å². The second-order valence-corrected chi connectivity index (χ2v) is 6.17. The van der Waals surface area contributed by atoms with Crippen molar-refractivity contribution in [2.45, 2.75) is 64.3 Å². The van der Waals surface area contributed by atoms with E-state index in [1.54, 1.807) is 0 Å². The van der Waals surface area contributed by atoms with Crippen molar-refractivity contribution in [1.82, 2.24) is 10.6 Å². The number of hydrogen-bond donors (Lipinski definition) is 2. The molecule has 104 valence electrons. The zero-order chi connectivity index (χ0) is 12.8. The van der Waals surface area contributed by atoms with E-state index in [1.165, 1.54) is 38.5 Å². The van der Waals surface area contributed by atoms with Gasteiger partial charge in [-0.2, -0.15) is 0 Å². The molecule has 0 aromatic rings. The molecule has 1 heterocycles. The van der Waals surface area contributed by atoms with E-state index in [4.69, 9.17) is 0 Å². The van der Waals surface area contributed by atoms with Gasteiger partial charge in [-0.05, 0) is 57.0 Å². The van der Waals surface area contributed by atoms with Crippen LogP contribution in [0.15, 0.2) is 0 Å². The van der Waals surface area contributed by atoms with Gasteiger partial charge in [-0.15, -0.1) is 0 Å². The first kappa shape index (κ1) is 13.9. The van der Waals surface area contributed by atoms with Crippen LogP contribution in [0.1, 0.15) is 58.3 Å². The molecule has 3 nitrogen and oxygen atoms in total. The van der Waals surface area contributed by atoms with Crippen LogP contribution in [0.4, 0.5) is 0 Å². The van der Waals surface area contributed by atoms with Crippen LogP contribution >= 0.6 is 0 Å². The van der Waals surface area contributed by atoms with Gasteiger partial charge in [0, 0.05) is 12.5 Å². The maximum absolute atomic E-state index is 12.0. The fraction of sp³-hybridized carbons (Fsp3) is 0.933. The minimum Gasteiger partial charge on any atom is -0.353 e. The summed E-state index contributed by atoms with van der Waals surface area (Å²) in [6.07, 6.45) is 9.37. The van der Waals surface area contributed by atoms with E-state index < -0.39 is 0 Å². The highest BCUT2D eigenvalue weighted by Gasteiger charge is 2.23. The number of rotatable bonds is 4. The summed E-state index contributed by atoms with van der Waals surface area (Å²) >= 11 is 0. The molecule has 2 unspecified atom stereocenters. The van der Waals surface area contributed by atoms with Crippen LogP contribution in [0.5, 0.6) is 0 Å². The van der Waals surface area contributed by atoms with Gasteiger partial charge >= 0.3 is 0 Å². The summed E-state index contributed by atoms with van der Waals surface area (Å²) in [5.74, 6) is 1.72. The molecule has 2 atom stereocenters.